The number of likely N-dealkylation sites (tertiary alicyclic amines) is 1. The molecule has 1 aliphatic carbocycles. The van der Waals surface area contributed by atoms with Crippen LogP contribution in [0.5, 0.6) is 0 Å². The normalized spacial score (nSPS) is 18.0. The van der Waals surface area contributed by atoms with E-state index in [0.717, 1.165) is 28.7 Å². The summed E-state index contributed by atoms with van der Waals surface area (Å²) in [5.74, 6) is -2.16. The second kappa shape index (κ2) is 9.20. The molecule has 1 unspecified atom stereocenters. The molecule has 6 rings (SSSR count). The van der Waals surface area contributed by atoms with Gasteiger partial charge in [-0.15, -0.1) is 0 Å². The molecule has 0 N–H and O–H groups in total. The predicted octanol–water partition coefficient (Wildman–Crippen LogP) is 4.54. The Bertz CT molecular complexity index is 1350. The van der Waals surface area contributed by atoms with Crippen LogP contribution in [0.25, 0.3) is 11.1 Å². The topological polar surface area (TPSA) is 93.2 Å². The van der Waals surface area contributed by atoms with E-state index in [1.165, 1.54) is 17.0 Å². The van der Waals surface area contributed by atoms with Crippen molar-refractivity contribution in [3.8, 4) is 11.1 Å². The molecule has 2 aliphatic heterocycles. The van der Waals surface area contributed by atoms with Crippen LogP contribution < -0.4 is 0 Å². The Morgan fingerprint density at radius 1 is 0.784 bits per heavy atom. The lowest BCUT2D eigenvalue weighted by Gasteiger charge is -2.25. The summed E-state index contributed by atoms with van der Waals surface area (Å²) in [5.41, 5.74) is 4.93. The molecule has 0 bridgehead atoms. The van der Waals surface area contributed by atoms with E-state index in [-0.39, 0.29) is 30.1 Å². The molecule has 1 saturated heterocycles. The lowest BCUT2D eigenvalue weighted by molar-refractivity contribution is -0.169. The number of hydroxylamine groups is 2. The molecule has 1 fully saturated rings. The highest BCUT2D eigenvalue weighted by Gasteiger charge is 2.40. The highest BCUT2D eigenvalue weighted by Crippen LogP contribution is 2.44. The average molecular weight is 497 g/mol. The van der Waals surface area contributed by atoms with Gasteiger partial charge in [-0.2, -0.15) is 0 Å². The zero-order chi connectivity index (χ0) is 25.5. The Labute approximate surface area is 213 Å². The first-order valence-corrected chi connectivity index (χ1v) is 12.3. The summed E-state index contributed by atoms with van der Waals surface area (Å²) in [6.07, 6.45) is 0.687. The van der Waals surface area contributed by atoms with Crippen LogP contribution in [-0.4, -0.2) is 53.0 Å². The third kappa shape index (κ3) is 3.94. The second-order valence-electron chi connectivity index (χ2n) is 9.41. The number of imide groups is 1. The number of rotatable bonds is 5. The third-order valence-electron chi connectivity index (χ3n) is 7.30. The fraction of sp³-hybridized carbons (Fsp3) is 0.241. The van der Waals surface area contributed by atoms with Crippen molar-refractivity contribution in [3.05, 3.63) is 95.1 Å². The maximum Gasteiger partial charge on any atom is 0.410 e. The fourth-order valence-electron chi connectivity index (χ4n) is 5.55. The Morgan fingerprint density at radius 3 is 1.92 bits per heavy atom. The largest absolute Gasteiger partial charge is 0.448 e. The first kappa shape index (κ1) is 23.0. The molecule has 3 aromatic rings. The second-order valence-corrected chi connectivity index (χ2v) is 9.41. The molecular formula is C29H24N2O6. The standard InChI is InChI=1S/C29H24N2O6/c32-26(37-31-27(33)23-13-5-6-14-24(23)28(31)34)16-18-8-7-15-30(18)29(35)36-17-25-21-11-3-1-9-19(21)20-10-2-4-12-22(20)25/h1-6,9-14,18,25H,7-8,15-17H2. The molecular weight excluding hydrogens is 472 g/mol. The van der Waals surface area contributed by atoms with Crippen LogP contribution in [0.3, 0.4) is 0 Å². The summed E-state index contributed by atoms with van der Waals surface area (Å²) in [6, 6.07) is 22.1. The summed E-state index contributed by atoms with van der Waals surface area (Å²) >= 11 is 0. The van der Waals surface area contributed by atoms with Gasteiger partial charge in [0, 0.05) is 18.5 Å². The van der Waals surface area contributed by atoms with E-state index in [9.17, 15) is 19.2 Å². The number of fused-ring (bicyclic) bond motifs is 4. The van der Waals surface area contributed by atoms with Crippen molar-refractivity contribution in [2.45, 2.75) is 31.2 Å². The van der Waals surface area contributed by atoms with Crippen LogP contribution in [0.2, 0.25) is 0 Å². The molecule has 3 aliphatic rings. The highest BCUT2D eigenvalue weighted by molar-refractivity contribution is 6.20. The third-order valence-corrected chi connectivity index (χ3v) is 7.30. The Morgan fingerprint density at radius 2 is 1.32 bits per heavy atom. The van der Waals surface area contributed by atoms with Gasteiger partial charge in [0.15, 0.2) is 0 Å². The van der Waals surface area contributed by atoms with Crippen molar-refractivity contribution < 1.29 is 28.8 Å². The van der Waals surface area contributed by atoms with E-state index in [2.05, 4.69) is 24.3 Å². The number of carbonyl (C=O) groups is 4. The summed E-state index contributed by atoms with van der Waals surface area (Å²) in [5, 5.41) is 0.500. The van der Waals surface area contributed by atoms with Crippen LogP contribution in [0.15, 0.2) is 72.8 Å². The van der Waals surface area contributed by atoms with Gasteiger partial charge in [0.1, 0.15) is 6.61 Å². The number of ether oxygens (including phenoxy) is 1. The summed E-state index contributed by atoms with van der Waals surface area (Å²) in [4.78, 5) is 57.4. The molecule has 37 heavy (non-hydrogen) atoms. The fourth-order valence-corrected chi connectivity index (χ4v) is 5.55. The van der Waals surface area contributed by atoms with Crippen LogP contribution in [-0.2, 0) is 14.4 Å². The van der Waals surface area contributed by atoms with Crippen molar-refractivity contribution in [2.24, 2.45) is 0 Å². The first-order valence-electron chi connectivity index (χ1n) is 12.3. The number of hydrogen-bond donors (Lipinski definition) is 0. The molecule has 0 spiro atoms. The number of amides is 3. The van der Waals surface area contributed by atoms with Crippen LogP contribution in [0, 0.1) is 0 Å². The minimum atomic E-state index is -0.752. The van der Waals surface area contributed by atoms with E-state index in [0.29, 0.717) is 18.0 Å². The van der Waals surface area contributed by atoms with Gasteiger partial charge in [-0.05, 0) is 47.2 Å². The van der Waals surface area contributed by atoms with Gasteiger partial charge in [-0.1, -0.05) is 65.7 Å². The van der Waals surface area contributed by atoms with Gasteiger partial charge in [0.2, 0.25) is 0 Å². The number of benzene rings is 3. The minimum absolute atomic E-state index is 0.0591. The molecule has 3 amide bonds. The van der Waals surface area contributed by atoms with Gasteiger partial charge < -0.3 is 14.5 Å². The maximum atomic E-state index is 13.0. The zero-order valence-electron chi connectivity index (χ0n) is 20.0. The van der Waals surface area contributed by atoms with E-state index < -0.39 is 29.9 Å². The Kier molecular flexibility index (Phi) is 5.71. The van der Waals surface area contributed by atoms with Gasteiger partial charge >= 0.3 is 12.1 Å². The predicted molar refractivity (Wildman–Crippen MR) is 132 cm³/mol. The van der Waals surface area contributed by atoms with Gasteiger partial charge in [0.25, 0.3) is 11.8 Å². The lowest BCUT2D eigenvalue weighted by Crippen LogP contribution is -2.40. The smallest absolute Gasteiger partial charge is 0.410 e. The Balaban J connectivity index is 1.09. The summed E-state index contributed by atoms with van der Waals surface area (Å²) in [6.45, 7) is 0.650. The van der Waals surface area contributed by atoms with Crippen LogP contribution in [0.4, 0.5) is 4.79 Å². The Hall–Kier alpha value is -4.46. The molecule has 186 valence electrons. The summed E-state index contributed by atoms with van der Waals surface area (Å²) < 4.78 is 5.76. The molecule has 0 aromatic heterocycles. The van der Waals surface area contributed by atoms with Gasteiger partial charge in [0.05, 0.1) is 17.5 Å². The SMILES string of the molecule is O=C(CC1CCCN1C(=O)OCC1c2ccccc2-c2ccccc21)ON1C(=O)c2ccccc2C1=O. The van der Waals surface area contributed by atoms with Crippen molar-refractivity contribution in [2.75, 3.05) is 13.2 Å². The van der Waals surface area contributed by atoms with Crippen molar-refractivity contribution >= 4 is 23.9 Å². The average Bonchev–Trinajstić information content (AvgIpc) is 3.58. The molecule has 2 heterocycles. The summed E-state index contributed by atoms with van der Waals surface area (Å²) in [7, 11) is 0. The number of nitrogens with zero attached hydrogens (tertiary/aromatic N) is 2. The molecule has 3 aromatic carbocycles. The highest BCUT2D eigenvalue weighted by atomic mass is 16.7. The first-order chi connectivity index (χ1) is 18.0. The monoisotopic (exact) mass is 496 g/mol. The molecule has 1 atom stereocenters. The quantitative estimate of drug-likeness (QED) is 0.482. The zero-order valence-corrected chi connectivity index (χ0v) is 20.0. The molecule has 0 saturated carbocycles. The molecule has 8 nitrogen and oxygen atoms in total. The lowest BCUT2D eigenvalue weighted by atomic mass is 9.98. The number of hydrogen-bond acceptors (Lipinski definition) is 6. The van der Waals surface area contributed by atoms with E-state index in [4.69, 9.17) is 9.57 Å². The van der Waals surface area contributed by atoms with E-state index in [1.807, 2.05) is 24.3 Å². The molecule has 8 heteroatoms. The van der Waals surface area contributed by atoms with Crippen molar-refractivity contribution in [1.29, 1.82) is 0 Å². The minimum Gasteiger partial charge on any atom is -0.448 e. The van der Waals surface area contributed by atoms with Crippen LogP contribution >= 0.6 is 0 Å². The van der Waals surface area contributed by atoms with Gasteiger partial charge in [-0.25, -0.2) is 9.59 Å². The van der Waals surface area contributed by atoms with E-state index in [1.54, 1.807) is 12.1 Å². The van der Waals surface area contributed by atoms with Crippen molar-refractivity contribution in [3.63, 3.8) is 0 Å². The van der Waals surface area contributed by atoms with Crippen molar-refractivity contribution in [1.82, 2.24) is 9.96 Å². The van der Waals surface area contributed by atoms with Crippen LogP contribution in [0.1, 0.15) is 57.0 Å². The van der Waals surface area contributed by atoms with E-state index >= 15 is 0 Å². The molecule has 0 radical (unpaired) electrons. The van der Waals surface area contributed by atoms with Gasteiger partial charge in [-0.3, -0.25) is 9.59 Å². The maximum absolute atomic E-state index is 13.0. The number of carbonyl (C=O) groups excluding carboxylic acids is 4.